The number of ether oxygens (including phenoxy) is 1. The van der Waals surface area contributed by atoms with Crippen molar-refractivity contribution in [1.29, 1.82) is 0 Å². The minimum absolute atomic E-state index is 0.0136. The van der Waals surface area contributed by atoms with Gasteiger partial charge in [-0.1, -0.05) is 11.3 Å². The number of aromatic nitrogens is 6. The molecule has 3 heterocycles. The monoisotopic (exact) mass is 431 g/mol. The molecule has 0 radical (unpaired) electrons. The smallest absolute Gasteiger partial charge is 0.351 e. The van der Waals surface area contributed by atoms with Crippen LogP contribution in [0.5, 0.6) is 0 Å². The average Bonchev–Trinajstić information content (AvgIpc) is 3.31. The van der Waals surface area contributed by atoms with E-state index < -0.39 is 12.5 Å². The minimum Gasteiger partial charge on any atom is -0.351 e. The summed E-state index contributed by atoms with van der Waals surface area (Å²) in [5.74, 6) is 0.451. The molecule has 1 aliphatic rings. The summed E-state index contributed by atoms with van der Waals surface area (Å²) in [6.45, 7) is 0. The Morgan fingerprint density at radius 1 is 1.19 bits per heavy atom. The van der Waals surface area contributed by atoms with E-state index in [1.165, 1.54) is 0 Å². The van der Waals surface area contributed by atoms with Gasteiger partial charge < -0.3 is 10.3 Å². The van der Waals surface area contributed by atoms with E-state index in [0.717, 1.165) is 27.5 Å². The van der Waals surface area contributed by atoms with Crippen molar-refractivity contribution in [2.75, 3.05) is 5.32 Å². The lowest BCUT2D eigenvalue weighted by Crippen LogP contribution is -2.33. The standard InChI is InChI=1S/C20H20F3N7O/c1-30-17-8-11(2-7-16(17)28-29-30)14-9-24-18-15(14)10-25-19(27-18)26-12-3-5-13(6-4-12)31-20(21,22)23/h2,7-10,12-13H,3-6H2,1H3,(H2,24,25,26,27). The molecule has 5 rings (SSSR count). The lowest BCUT2D eigenvalue weighted by Gasteiger charge is -2.29. The molecule has 0 atom stereocenters. The van der Waals surface area contributed by atoms with Gasteiger partial charge in [0, 0.05) is 36.4 Å². The lowest BCUT2D eigenvalue weighted by molar-refractivity contribution is -0.345. The first-order valence-electron chi connectivity index (χ1n) is 10.0. The molecule has 3 aromatic heterocycles. The number of H-pyrrole nitrogens is 1. The predicted molar refractivity (Wildman–Crippen MR) is 108 cm³/mol. The maximum atomic E-state index is 12.4. The Labute approximate surface area is 174 Å². The van der Waals surface area contributed by atoms with Crippen molar-refractivity contribution in [3.63, 3.8) is 0 Å². The molecule has 0 bridgehead atoms. The van der Waals surface area contributed by atoms with Crippen LogP contribution in [0, 0.1) is 0 Å². The van der Waals surface area contributed by atoms with Crippen LogP contribution in [-0.4, -0.2) is 48.5 Å². The van der Waals surface area contributed by atoms with Gasteiger partial charge in [0.05, 0.1) is 11.6 Å². The Kier molecular flexibility index (Phi) is 4.77. The van der Waals surface area contributed by atoms with Gasteiger partial charge in [-0.15, -0.1) is 18.3 Å². The molecule has 1 saturated carbocycles. The van der Waals surface area contributed by atoms with Crippen molar-refractivity contribution in [3.8, 4) is 11.1 Å². The number of nitrogens with zero attached hydrogens (tertiary/aromatic N) is 5. The van der Waals surface area contributed by atoms with Gasteiger partial charge >= 0.3 is 6.36 Å². The van der Waals surface area contributed by atoms with E-state index >= 15 is 0 Å². The Morgan fingerprint density at radius 2 is 2.00 bits per heavy atom. The van der Waals surface area contributed by atoms with Crippen molar-refractivity contribution in [2.24, 2.45) is 7.05 Å². The summed E-state index contributed by atoms with van der Waals surface area (Å²) in [5.41, 5.74) is 4.40. The second-order valence-corrected chi connectivity index (χ2v) is 7.76. The van der Waals surface area contributed by atoms with Crippen LogP contribution >= 0.6 is 0 Å². The molecular formula is C20H20F3N7O. The summed E-state index contributed by atoms with van der Waals surface area (Å²) in [6.07, 6.45) is 0.0958. The van der Waals surface area contributed by atoms with E-state index in [9.17, 15) is 13.2 Å². The van der Waals surface area contributed by atoms with E-state index in [4.69, 9.17) is 0 Å². The molecule has 0 saturated heterocycles. The van der Waals surface area contributed by atoms with E-state index in [0.29, 0.717) is 37.3 Å². The molecule has 1 aromatic carbocycles. The Balaban J connectivity index is 1.31. The molecule has 31 heavy (non-hydrogen) atoms. The van der Waals surface area contributed by atoms with Crippen LogP contribution in [0.4, 0.5) is 19.1 Å². The third kappa shape index (κ3) is 4.05. The van der Waals surface area contributed by atoms with Crippen LogP contribution in [0.3, 0.4) is 0 Å². The lowest BCUT2D eigenvalue weighted by atomic mass is 9.93. The molecule has 0 aliphatic heterocycles. The molecule has 4 aromatic rings. The summed E-state index contributed by atoms with van der Waals surface area (Å²) in [5, 5.41) is 12.2. The zero-order valence-electron chi connectivity index (χ0n) is 16.6. The number of rotatable bonds is 4. The zero-order chi connectivity index (χ0) is 21.6. The highest BCUT2D eigenvalue weighted by molar-refractivity contribution is 5.95. The van der Waals surface area contributed by atoms with E-state index in [2.05, 4.69) is 35.3 Å². The number of aryl methyl sites for hydroxylation is 1. The third-order valence-corrected chi connectivity index (χ3v) is 5.66. The van der Waals surface area contributed by atoms with Gasteiger partial charge in [0.15, 0.2) is 0 Å². The Bertz CT molecular complexity index is 1220. The van der Waals surface area contributed by atoms with Crippen molar-refractivity contribution in [1.82, 2.24) is 29.9 Å². The number of hydrogen-bond donors (Lipinski definition) is 2. The number of benzene rings is 1. The molecule has 0 amide bonds. The topological polar surface area (TPSA) is 93.5 Å². The van der Waals surface area contributed by atoms with E-state index in [1.54, 1.807) is 10.9 Å². The Hall–Kier alpha value is -3.21. The van der Waals surface area contributed by atoms with Crippen molar-refractivity contribution < 1.29 is 17.9 Å². The third-order valence-electron chi connectivity index (χ3n) is 5.66. The summed E-state index contributed by atoms with van der Waals surface area (Å²) in [7, 11) is 1.85. The van der Waals surface area contributed by atoms with Gasteiger partial charge in [0.1, 0.15) is 11.2 Å². The molecule has 0 unspecified atom stereocenters. The molecular weight excluding hydrogens is 411 g/mol. The largest absolute Gasteiger partial charge is 0.522 e. The number of aromatic amines is 1. The van der Waals surface area contributed by atoms with Crippen LogP contribution in [0.15, 0.2) is 30.6 Å². The number of fused-ring (bicyclic) bond motifs is 2. The summed E-state index contributed by atoms with van der Waals surface area (Å²) >= 11 is 0. The normalized spacial score (nSPS) is 19.9. The number of halogens is 3. The molecule has 0 spiro atoms. The average molecular weight is 431 g/mol. The number of alkyl halides is 3. The van der Waals surface area contributed by atoms with Gasteiger partial charge in [-0.2, -0.15) is 4.98 Å². The van der Waals surface area contributed by atoms with Crippen molar-refractivity contribution in [3.05, 3.63) is 30.6 Å². The highest BCUT2D eigenvalue weighted by Crippen LogP contribution is 2.31. The maximum absolute atomic E-state index is 12.4. The number of nitrogens with one attached hydrogen (secondary N) is 2. The fraction of sp³-hybridized carbons (Fsp3) is 0.400. The van der Waals surface area contributed by atoms with Crippen molar-refractivity contribution >= 4 is 28.0 Å². The molecule has 162 valence electrons. The number of hydrogen-bond acceptors (Lipinski definition) is 6. The second-order valence-electron chi connectivity index (χ2n) is 7.76. The summed E-state index contributed by atoms with van der Waals surface area (Å²) < 4.78 is 43.0. The van der Waals surface area contributed by atoms with Crippen LogP contribution < -0.4 is 5.32 Å². The summed E-state index contributed by atoms with van der Waals surface area (Å²) in [6, 6.07) is 5.94. The highest BCUT2D eigenvalue weighted by atomic mass is 19.4. The quantitative estimate of drug-likeness (QED) is 0.504. The molecule has 2 N–H and O–H groups in total. The van der Waals surface area contributed by atoms with Crippen LogP contribution in [0.1, 0.15) is 25.7 Å². The first-order chi connectivity index (χ1) is 14.9. The van der Waals surface area contributed by atoms with Crippen molar-refractivity contribution in [2.45, 2.75) is 44.2 Å². The highest BCUT2D eigenvalue weighted by Gasteiger charge is 2.35. The molecule has 1 fully saturated rings. The van der Waals surface area contributed by atoms with E-state index in [1.807, 2.05) is 31.4 Å². The van der Waals surface area contributed by atoms with Gasteiger partial charge in [0.2, 0.25) is 5.95 Å². The fourth-order valence-corrected chi connectivity index (χ4v) is 4.11. The maximum Gasteiger partial charge on any atom is 0.522 e. The SMILES string of the molecule is Cn1nnc2ccc(-c3c[nH]c4nc(NC5CCC(OC(F)(F)F)CC5)ncc34)cc21. The molecule has 8 nitrogen and oxygen atoms in total. The van der Waals surface area contributed by atoms with Gasteiger partial charge in [-0.25, -0.2) is 9.67 Å². The summed E-state index contributed by atoms with van der Waals surface area (Å²) in [4.78, 5) is 12.1. The fourth-order valence-electron chi connectivity index (χ4n) is 4.11. The van der Waals surface area contributed by atoms with E-state index in [-0.39, 0.29) is 6.04 Å². The predicted octanol–water partition coefficient (Wildman–Crippen LogP) is 4.17. The van der Waals surface area contributed by atoms with Crippen LogP contribution in [0.25, 0.3) is 33.2 Å². The second kappa shape index (κ2) is 7.49. The van der Waals surface area contributed by atoms with Gasteiger partial charge in [0.25, 0.3) is 0 Å². The Morgan fingerprint density at radius 3 is 2.77 bits per heavy atom. The van der Waals surface area contributed by atoms with Gasteiger partial charge in [-0.3, -0.25) is 4.74 Å². The van der Waals surface area contributed by atoms with Crippen LogP contribution in [0.2, 0.25) is 0 Å². The first kappa shape index (κ1) is 19.7. The zero-order valence-corrected chi connectivity index (χ0v) is 16.6. The van der Waals surface area contributed by atoms with Crippen LogP contribution in [-0.2, 0) is 11.8 Å². The van der Waals surface area contributed by atoms with Gasteiger partial charge in [-0.05, 0) is 43.4 Å². The molecule has 1 aliphatic carbocycles. The number of anilines is 1. The first-order valence-corrected chi connectivity index (χ1v) is 10.0. The minimum atomic E-state index is -4.58. The molecule has 11 heteroatoms.